The first-order valence-corrected chi connectivity index (χ1v) is 13.3. The second-order valence-electron chi connectivity index (χ2n) is 6.19. The molecule has 0 bridgehead atoms. The van der Waals surface area contributed by atoms with Gasteiger partial charge >= 0.3 is 0 Å². The van der Waals surface area contributed by atoms with Gasteiger partial charge in [0.05, 0.1) is 49.1 Å². The third-order valence-corrected chi connectivity index (χ3v) is 6.31. The lowest BCUT2D eigenvalue weighted by Gasteiger charge is -2.17. The quantitative estimate of drug-likeness (QED) is 0.210. The van der Waals surface area contributed by atoms with E-state index in [1.54, 1.807) is 4.08 Å². The van der Waals surface area contributed by atoms with Crippen LogP contribution in [0.5, 0.6) is 0 Å². The molecule has 0 fully saturated rings. The van der Waals surface area contributed by atoms with Crippen molar-refractivity contribution in [1.82, 2.24) is 5.48 Å². The molecule has 1 amide bonds. The second kappa shape index (κ2) is 11.7. The number of benzene rings is 1. The Balaban J connectivity index is 2.36. The lowest BCUT2D eigenvalue weighted by molar-refractivity contribution is 0.0168. The van der Waals surface area contributed by atoms with E-state index >= 15 is 0 Å². The van der Waals surface area contributed by atoms with E-state index in [2.05, 4.69) is 5.32 Å². The Hall–Kier alpha value is -1.81. The number of aliphatic hydroxyl groups excluding tert-OH is 1. The van der Waals surface area contributed by atoms with Gasteiger partial charge < -0.3 is 15.2 Å². The highest BCUT2D eigenvalue weighted by Gasteiger charge is 2.24. The molecule has 1 aliphatic rings. The second-order valence-corrected chi connectivity index (χ2v) is 10.5. The summed E-state index contributed by atoms with van der Waals surface area (Å²) in [5, 5.41) is 11.1. The zero-order valence-electron chi connectivity index (χ0n) is 16.3. The van der Waals surface area contributed by atoms with Gasteiger partial charge in [-0.1, -0.05) is 20.7 Å². The van der Waals surface area contributed by atoms with Crippen molar-refractivity contribution < 1.29 is 41.1 Å². The van der Waals surface area contributed by atoms with E-state index in [4.69, 9.17) is 14.7 Å². The fourth-order valence-corrected chi connectivity index (χ4v) is 4.11. The number of hydrogen-bond donors (Lipinski definition) is 3. The normalized spacial score (nSPS) is 13.8. The van der Waals surface area contributed by atoms with E-state index in [1.165, 1.54) is 10.1 Å². The van der Waals surface area contributed by atoms with Crippen LogP contribution in [0, 0.1) is 11.6 Å². The minimum absolute atomic E-state index is 0.147. The number of nitrogens with one attached hydrogen (secondary N) is 2. The Bertz CT molecular complexity index is 1030. The highest BCUT2D eigenvalue weighted by molar-refractivity contribution is 14.2. The molecular formula is C18H20F3IN2O6S. The molecule has 1 heterocycles. The van der Waals surface area contributed by atoms with Crippen LogP contribution in [0.25, 0.3) is 0 Å². The molecule has 31 heavy (non-hydrogen) atoms. The van der Waals surface area contributed by atoms with Gasteiger partial charge in [-0.3, -0.25) is 9.63 Å². The maximum Gasteiger partial charge on any atom is 0.277 e. The summed E-state index contributed by atoms with van der Waals surface area (Å²) in [5.41, 5.74) is 0.444. The molecule has 8 nitrogen and oxygen atoms in total. The average molecular weight is 576 g/mol. The van der Waals surface area contributed by atoms with Crippen LogP contribution in [-0.4, -0.2) is 55.3 Å². The molecule has 0 unspecified atom stereocenters. The van der Waals surface area contributed by atoms with E-state index in [0.717, 1.165) is 12.3 Å². The van der Waals surface area contributed by atoms with Gasteiger partial charge in [-0.2, -0.15) is 0 Å². The number of carbonyl (C=O) groups excluding carboxylic acids is 1. The standard InChI is InChI=1S/C18H20F3IN2O6S/c1-31(27,28)7-6-29-10-11-8-12(18(26)24-30-5-4-25)17(16(21)15(11)20)23-14-2-3-22-9-13(14)19/h2-3,8-9,23,25H,4-7,10H2,1H3,(H,24,26). The molecule has 2 rings (SSSR count). The number of amides is 1. The predicted molar refractivity (Wildman–Crippen MR) is 117 cm³/mol. The number of aliphatic hydroxyl groups is 1. The molecule has 0 saturated carbocycles. The summed E-state index contributed by atoms with van der Waals surface area (Å²) in [7, 11) is -3.31. The van der Waals surface area contributed by atoms with Gasteiger partial charge in [0.15, 0.2) is 17.5 Å². The molecule has 0 spiro atoms. The fourth-order valence-electron chi connectivity index (χ4n) is 2.26. The monoisotopic (exact) mass is 576 g/mol. The summed E-state index contributed by atoms with van der Waals surface area (Å²) in [6.07, 6.45) is 2.37. The number of rotatable bonds is 11. The van der Waals surface area contributed by atoms with Gasteiger partial charge in [0.25, 0.3) is 5.91 Å². The van der Waals surface area contributed by atoms with Gasteiger partial charge in [0.2, 0.25) is 0 Å². The van der Waals surface area contributed by atoms with E-state index < -0.39 is 78.4 Å². The van der Waals surface area contributed by atoms with Gasteiger partial charge in [-0.15, -0.1) is 0 Å². The highest BCUT2D eigenvalue weighted by atomic mass is 127. The summed E-state index contributed by atoms with van der Waals surface area (Å²) < 4.78 is 73.8. The zero-order chi connectivity index (χ0) is 23.0. The third kappa shape index (κ3) is 7.68. The minimum Gasteiger partial charge on any atom is -0.394 e. The van der Waals surface area contributed by atoms with Crippen LogP contribution in [0.2, 0.25) is 0 Å². The zero-order valence-corrected chi connectivity index (χ0v) is 19.2. The molecule has 3 N–H and O–H groups in total. The maximum atomic E-state index is 14.8. The van der Waals surface area contributed by atoms with Crippen LogP contribution < -0.4 is 10.8 Å². The predicted octanol–water partition coefficient (Wildman–Crippen LogP) is 2.07. The van der Waals surface area contributed by atoms with Gasteiger partial charge in [-0.05, 0) is 16.2 Å². The Morgan fingerprint density at radius 2 is 1.97 bits per heavy atom. The summed E-state index contributed by atoms with van der Waals surface area (Å²) in [5.74, 6) is -4.76. The number of anilines is 1. The SMILES string of the molecule is CS(=O)(=O)CCOCc1cc(C(=O)NOCCO)c(NC2=C(F)C=IC=C2)c(F)c1F. The number of hydrogen-bond acceptors (Lipinski definition) is 7. The van der Waals surface area contributed by atoms with Crippen LogP contribution in [0.3, 0.4) is 0 Å². The molecule has 0 aromatic heterocycles. The summed E-state index contributed by atoms with van der Waals surface area (Å²) in [6.45, 7) is -1.42. The van der Waals surface area contributed by atoms with E-state index in [1.807, 2.05) is 5.48 Å². The van der Waals surface area contributed by atoms with Crippen molar-refractivity contribution in [1.29, 1.82) is 0 Å². The fraction of sp³-hybridized carbons (Fsp3) is 0.333. The Labute approximate surface area is 186 Å². The molecule has 0 aliphatic carbocycles. The highest BCUT2D eigenvalue weighted by Crippen LogP contribution is 2.29. The molecule has 1 aromatic rings. The molecule has 1 aliphatic heterocycles. The Kier molecular flexibility index (Phi) is 9.61. The van der Waals surface area contributed by atoms with Crippen LogP contribution in [-0.2, 0) is 26.0 Å². The smallest absolute Gasteiger partial charge is 0.277 e. The lowest BCUT2D eigenvalue weighted by atomic mass is 10.1. The van der Waals surface area contributed by atoms with E-state index in [0.29, 0.717) is 0 Å². The van der Waals surface area contributed by atoms with Crippen molar-refractivity contribution in [3.63, 3.8) is 0 Å². The molecule has 1 aromatic carbocycles. The van der Waals surface area contributed by atoms with Crippen molar-refractivity contribution >= 4 is 46.2 Å². The molecule has 0 atom stereocenters. The molecule has 0 radical (unpaired) electrons. The number of carbonyl (C=O) groups is 1. The number of hydroxylamine groups is 1. The van der Waals surface area contributed by atoms with Crippen LogP contribution in [0.15, 0.2) is 27.7 Å². The van der Waals surface area contributed by atoms with E-state index in [9.17, 15) is 26.4 Å². The average Bonchev–Trinajstić information content (AvgIpc) is 2.71. The first kappa shape index (κ1) is 25.5. The molecular weight excluding hydrogens is 556 g/mol. The van der Waals surface area contributed by atoms with Crippen molar-refractivity contribution in [3.05, 3.63) is 50.5 Å². The summed E-state index contributed by atoms with van der Waals surface area (Å²) >= 11 is -0.626. The third-order valence-electron chi connectivity index (χ3n) is 3.72. The van der Waals surface area contributed by atoms with Crippen molar-refractivity contribution in [3.8, 4) is 0 Å². The van der Waals surface area contributed by atoms with Gasteiger partial charge in [0.1, 0.15) is 9.84 Å². The van der Waals surface area contributed by atoms with Gasteiger partial charge in [0, 0.05) is 15.8 Å². The lowest BCUT2D eigenvalue weighted by Crippen LogP contribution is -2.27. The molecule has 172 valence electrons. The summed E-state index contributed by atoms with van der Waals surface area (Å²) in [4.78, 5) is 17.2. The first-order valence-electron chi connectivity index (χ1n) is 8.72. The molecule has 13 heteroatoms. The number of sulfone groups is 1. The maximum absolute atomic E-state index is 14.8. The van der Waals surface area contributed by atoms with Crippen molar-refractivity contribution in [2.45, 2.75) is 6.61 Å². The van der Waals surface area contributed by atoms with Crippen LogP contribution in [0.1, 0.15) is 15.9 Å². The topological polar surface area (TPSA) is 114 Å². The largest absolute Gasteiger partial charge is 0.394 e. The Morgan fingerprint density at radius 1 is 1.23 bits per heavy atom. The number of allylic oxidation sites excluding steroid dienone is 2. The van der Waals surface area contributed by atoms with Crippen LogP contribution in [0.4, 0.5) is 18.9 Å². The first-order chi connectivity index (χ1) is 14.6. The minimum atomic E-state index is -3.31. The number of halogens is 4. The Morgan fingerprint density at radius 3 is 2.61 bits per heavy atom. The van der Waals surface area contributed by atoms with Crippen molar-refractivity contribution in [2.24, 2.45) is 0 Å². The van der Waals surface area contributed by atoms with E-state index in [-0.39, 0.29) is 30.2 Å². The number of ether oxygens (including phenoxy) is 1. The van der Waals surface area contributed by atoms with Gasteiger partial charge in [-0.25, -0.2) is 27.1 Å². The molecule has 0 saturated heterocycles. The van der Waals surface area contributed by atoms with Crippen LogP contribution >= 0.6 is 20.7 Å². The summed E-state index contributed by atoms with van der Waals surface area (Å²) in [6, 6.07) is 0.987. The van der Waals surface area contributed by atoms with Crippen molar-refractivity contribution in [2.75, 3.05) is 37.1 Å².